The molecule has 0 atom stereocenters. The molecule has 0 bridgehead atoms. The molecule has 4 aromatic rings. The predicted octanol–water partition coefficient (Wildman–Crippen LogP) is 3.94. The number of rotatable bonds is 6. The molecule has 0 spiro atoms. The van der Waals surface area contributed by atoms with Gasteiger partial charge in [-0.2, -0.15) is 0 Å². The van der Waals surface area contributed by atoms with Crippen molar-refractivity contribution in [2.45, 2.75) is 11.8 Å². The molecule has 0 aliphatic carbocycles. The maximum absolute atomic E-state index is 12.9. The van der Waals surface area contributed by atoms with Gasteiger partial charge < -0.3 is 10.2 Å². The lowest BCUT2D eigenvalue weighted by Crippen LogP contribution is -2.14. The summed E-state index contributed by atoms with van der Waals surface area (Å²) in [7, 11) is 0.0377. The number of aryl methyl sites for hydroxylation is 1. The molecule has 0 unspecified atom stereocenters. The first-order chi connectivity index (χ1) is 14.8. The van der Waals surface area contributed by atoms with Crippen LogP contribution in [0.2, 0.25) is 0 Å². The zero-order chi connectivity index (χ0) is 22.0. The zero-order valence-corrected chi connectivity index (χ0v) is 18.2. The molecule has 4 rings (SSSR count). The number of aromatic nitrogens is 3. The van der Waals surface area contributed by atoms with Crippen molar-refractivity contribution in [1.82, 2.24) is 15.0 Å². The van der Waals surface area contributed by atoms with Crippen LogP contribution in [0.5, 0.6) is 0 Å². The van der Waals surface area contributed by atoms with Gasteiger partial charge in [-0.1, -0.05) is 18.2 Å². The molecule has 2 heterocycles. The minimum absolute atomic E-state index is 0.139. The number of hydrogen-bond acceptors (Lipinski definition) is 7. The smallest absolute Gasteiger partial charge is 0.264 e. The Morgan fingerprint density at radius 3 is 2.35 bits per heavy atom. The molecule has 0 aliphatic heterocycles. The van der Waals surface area contributed by atoms with E-state index in [1.165, 1.54) is 0 Å². The minimum Gasteiger partial charge on any atom is -0.363 e. The van der Waals surface area contributed by atoms with E-state index < -0.39 is 10.0 Å². The molecular formula is C22H22N6O2S. The number of anilines is 4. The Morgan fingerprint density at radius 1 is 0.903 bits per heavy atom. The summed E-state index contributed by atoms with van der Waals surface area (Å²) in [6.45, 7) is 1.83. The Bertz CT molecular complexity index is 1330. The molecule has 0 amide bonds. The quantitative estimate of drug-likeness (QED) is 0.474. The van der Waals surface area contributed by atoms with Crippen LogP contribution >= 0.6 is 0 Å². The number of sulfonamides is 1. The Labute approximate surface area is 181 Å². The summed E-state index contributed by atoms with van der Waals surface area (Å²) < 4.78 is 28.5. The fourth-order valence-corrected chi connectivity index (χ4v) is 4.36. The SMILES string of the molecule is Cc1nc(Nc2ccc(NS(=O)(=O)c3cccc4cccnc34)cc2)cc(N(C)C)n1. The summed E-state index contributed by atoms with van der Waals surface area (Å²) in [5.74, 6) is 2.11. The van der Waals surface area contributed by atoms with Crippen LogP contribution in [0.3, 0.4) is 0 Å². The van der Waals surface area contributed by atoms with E-state index in [1.54, 1.807) is 48.7 Å². The van der Waals surface area contributed by atoms with Crippen LogP contribution in [-0.4, -0.2) is 37.5 Å². The molecule has 0 saturated heterocycles. The first-order valence-corrected chi connectivity index (χ1v) is 11.1. The average molecular weight is 435 g/mol. The van der Waals surface area contributed by atoms with Gasteiger partial charge in [-0.05, 0) is 43.3 Å². The Hall–Kier alpha value is -3.72. The highest BCUT2D eigenvalue weighted by Crippen LogP contribution is 2.25. The van der Waals surface area contributed by atoms with E-state index in [0.717, 1.165) is 16.9 Å². The molecule has 0 radical (unpaired) electrons. The van der Waals surface area contributed by atoms with Gasteiger partial charge in [0.25, 0.3) is 10.0 Å². The van der Waals surface area contributed by atoms with Crippen molar-refractivity contribution in [3.8, 4) is 0 Å². The third kappa shape index (κ3) is 4.56. The number of benzene rings is 2. The number of nitrogens with zero attached hydrogens (tertiary/aromatic N) is 4. The third-order valence-corrected chi connectivity index (χ3v) is 5.99. The lowest BCUT2D eigenvalue weighted by Gasteiger charge is -2.14. The summed E-state index contributed by atoms with van der Waals surface area (Å²) in [4.78, 5) is 15.0. The minimum atomic E-state index is -3.79. The second-order valence-corrected chi connectivity index (χ2v) is 8.84. The Kier molecular flexibility index (Phi) is 5.43. The number of nitrogens with one attached hydrogen (secondary N) is 2. The summed E-state index contributed by atoms with van der Waals surface area (Å²) in [6, 6.07) is 17.5. The Morgan fingerprint density at radius 2 is 1.61 bits per heavy atom. The highest BCUT2D eigenvalue weighted by molar-refractivity contribution is 7.93. The molecule has 9 heteroatoms. The normalized spacial score (nSPS) is 11.3. The molecule has 158 valence electrons. The van der Waals surface area contributed by atoms with Gasteiger partial charge in [-0.25, -0.2) is 18.4 Å². The van der Waals surface area contributed by atoms with Crippen molar-refractivity contribution >= 4 is 43.9 Å². The number of para-hydroxylation sites is 1. The van der Waals surface area contributed by atoms with Crippen LogP contribution in [0.15, 0.2) is 71.8 Å². The maximum Gasteiger partial charge on any atom is 0.264 e. The largest absolute Gasteiger partial charge is 0.363 e. The summed E-state index contributed by atoms with van der Waals surface area (Å²) in [6.07, 6.45) is 1.58. The Balaban J connectivity index is 1.55. The van der Waals surface area contributed by atoms with Crippen molar-refractivity contribution in [2.24, 2.45) is 0 Å². The van der Waals surface area contributed by atoms with Gasteiger partial charge in [0.05, 0.1) is 5.52 Å². The van der Waals surface area contributed by atoms with Crippen molar-refractivity contribution in [3.63, 3.8) is 0 Å². The zero-order valence-electron chi connectivity index (χ0n) is 17.4. The molecule has 2 N–H and O–H groups in total. The van der Waals surface area contributed by atoms with Crippen molar-refractivity contribution in [2.75, 3.05) is 29.0 Å². The lowest BCUT2D eigenvalue weighted by atomic mass is 10.2. The van der Waals surface area contributed by atoms with Crippen molar-refractivity contribution in [1.29, 1.82) is 0 Å². The van der Waals surface area contributed by atoms with Crippen LogP contribution in [0.1, 0.15) is 5.82 Å². The molecule has 2 aromatic carbocycles. The van der Waals surface area contributed by atoms with Crippen LogP contribution < -0.4 is 14.9 Å². The van der Waals surface area contributed by atoms with E-state index >= 15 is 0 Å². The van der Waals surface area contributed by atoms with Crippen LogP contribution in [0, 0.1) is 6.92 Å². The molecule has 31 heavy (non-hydrogen) atoms. The van der Waals surface area contributed by atoms with E-state index in [4.69, 9.17) is 0 Å². The number of hydrogen-bond donors (Lipinski definition) is 2. The monoisotopic (exact) mass is 434 g/mol. The van der Waals surface area contributed by atoms with E-state index in [2.05, 4.69) is 25.0 Å². The molecule has 0 saturated carbocycles. The topological polar surface area (TPSA) is 100 Å². The number of fused-ring (bicyclic) bond motifs is 1. The molecule has 0 aliphatic rings. The second-order valence-electron chi connectivity index (χ2n) is 7.19. The molecule has 0 fully saturated rings. The highest BCUT2D eigenvalue weighted by Gasteiger charge is 2.18. The van der Waals surface area contributed by atoms with Gasteiger partial charge in [0.1, 0.15) is 22.4 Å². The van der Waals surface area contributed by atoms with Crippen LogP contribution in [0.4, 0.5) is 23.0 Å². The van der Waals surface area contributed by atoms with Crippen molar-refractivity contribution < 1.29 is 8.42 Å². The molecule has 2 aromatic heterocycles. The van der Waals surface area contributed by atoms with E-state index in [-0.39, 0.29) is 4.90 Å². The lowest BCUT2D eigenvalue weighted by molar-refractivity contribution is 0.602. The average Bonchev–Trinajstić information content (AvgIpc) is 2.74. The van der Waals surface area contributed by atoms with Gasteiger partial charge in [0.15, 0.2) is 0 Å². The van der Waals surface area contributed by atoms with Gasteiger partial charge in [-0.3, -0.25) is 9.71 Å². The van der Waals surface area contributed by atoms with E-state index in [9.17, 15) is 8.42 Å². The van der Waals surface area contributed by atoms with Gasteiger partial charge >= 0.3 is 0 Å². The third-order valence-electron chi connectivity index (χ3n) is 4.58. The number of pyridine rings is 1. The summed E-state index contributed by atoms with van der Waals surface area (Å²) in [5, 5.41) is 3.99. The van der Waals surface area contributed by atoms with E-state index in [0.29, 0.717) is 22.8 Å². The van der Waals surface area contributed by atoms with Crippen LogP contribution in [0.25, 0.3) is 10.9 Å². The molecule has 8 nitrogen and oxygen atoms in total. The first-order valence-electron chi connectivity index (χ1n) is 9.58. The van der Waals surface area contributed by atoms with Crippen molar-refractivity contribution in [3.05, 3.63) is 72.7 Å². The maximum atomic E-state index is 12.9. The summed E-state index contributed by atoms with van der Waals surface area (Å²) in [5.41, 5.74) is 1.66. The fourth-order valence-electron chi connectivity index (χ4n) is 3.12. The molecular weight excluding hydrogens is 412 g/mol. The fraction of sp³-hybridized carbons (Fsp3) is 0.136. The predicted molar refractivity (Wildman–Crippen MR) is 123 cm³/mol. The second kappa shape index (κ2) is 8.19. The first kappa shape index (κ1) is 20.5. The summed E-state index contributed by atoms with van der Waals surface area (Å²) >= 11 is 0. The standard InChI is InChI=1S/C22H22N6O2S/c1-15-24-20(14-21(25-15)28(2)3)26-17-9-11-18(12-10-17)27-31(29,30)19-8-4-6-16-7-5-13-23-22(16)19/h4-14,27H,1-3H3,(H,24,25,26). The van der Waals surface area contributed by atoms with E-state index in [1.807, 2.05) is 44.1 Å². The van der Waals surface area contributed by atoms with Gasteiger partial charge in [0.2, 0.25) is 0 Å². The van der Waals surface area contributed by atoms with Crippen LogP contribution in [-0.2, 0) is 10.0 Å². The highest BCUT2D eigenvalue weighted by atomic mass is 32.2. The van der Waals surface area contributed by atoms with Gasteiger partial charge in [-0.15, -0.1) is 0 Å². The van der Waals surface area contributed by atoms with Gasteiger partial charge in [0, 0.05) is 43.1 Å².